The summed E-state index contributed by atoms with van der Waals surface area (Å²) in [5.41, 5.74) is 0. The lowest BCUT2D eigenvalue weighted by Crippen LogP contribution is -2.30. The molecular formula is C18H19N5O2S. The van der Waals surface area contributed by atoms with Crippen LogP contribution < -0.4 is 10.1 Å². The molecule has 8 heteroatoms. The first kappa shape index (κ1) is 17.9. The van der Waals surface area contributed by atoms with E-state index in [1.54, 1.807) is 11.8 Å². The fourth-order valence-electron chi connectivity index (χ4n) is 2.13. The fourth-order valence-corrected chi connectivity index (χ4v) is 2.92. The third-order valence-electron chi connectivity index (χ3n) is 3.33. The summed E-state index contributed by atoms with van der Waals surface area (Å²) in [6.45, 7) is 0.824. The second-order valence-electron chi connectivity index (χ2n) is 5.35. The lowest BCUT2D eigenvalue weighted by molar-refractivity contribution is -0.121. The molecular weight excluding hydrogens is 350 g/mol. The van der Waals surface area contributed by atoms with Crippen molar-refractivity contribution in [2.24, 2.45) is 0 Å². The molecule has 134 valence electrons. The SMILES string of the molecule is O=C(Cn1nnc(COc2ccccc2)n1)NCCSc1ccccc1. The standard InChI is InChI=1S/C18H19N5O2S/c24-18(19-11-12-26-16-9-5-2-6-10-16)13-23-21-17(20-22-23)14-25-15-7-3-1-4-8-15/h1-10H,11-14H2,(H,19,24). The molecule has 0 bridgehead atoms. The van der Waals surface area contributed by atoms with Gasteiger partial charge in [-0.25, -0.2) is 0 Å². The minimum absolute atomic E-state index is 0.0361. The van der Waals surface area contributed by atoms with E-state index in [0.29, 0.717) is 12.4 Å². The minimum Gasteiger partial charge on any atom is -0.485 e. The number of benzene rings is 2. The Morgan fingerprint density at radius 3 is 2.58 bits per heavy atom. The van der Waals surface area contributed by atoms with Gasteiger partial charge in [0.15, 0.2) is 6.61 Å². The van der Waals surface area contributed by atoms with Crippen LogP contribution in [0.1, 0.15) is 5.82 Å². The molecule has 0 atom stereocenters. The number of ether oxygens (including phenoxy) is 1. The van der Waals surface area contributed by atoms with Crippen LogP contribution in [0.15, 0.2) is 65.6 Å². The predicted molar refractivity (Wildman–Crippen MR) is 98.8 cm³/mol. The van der Waals surface area contributed by atoms with Gasteiger partial charge in [-0.1, -0.05) is 36.4 Å². The van der Waals surface area contributed by atoms with Crippen LogP contribution in [0.4, 0.5) is 0 Å². The fraction of sp³-hybridized carbons (Fsp3) is 0.222. The van der Waals surface area contributed by atoms with Gasteiger partial charge in [-0.2, -0.15) is 4.80 Å². The molecule has 2 aromatic carbocycles. The molecule has 0 aliphatic rings. The number of nitrogens with zero attached hydrogens (tertiary/aromatic N) is 4. The summed E-state index contributed by atoms with van der Waals surface area (Å²) >= 11 is 1.70. The van der Waals surface area contributed by atoms with Gasteiger partial charge in [-0.05, 0) is 29.5 Å². The van der Waals surface area contributed by atoms with E-state index < -0.39 is 0 Å². The van der Waals surface area contributed by atoms with Crippen LogP contribution in [0.5, 0.6) is 5.75 Å². The Labute approximate surface area is 155 Å². The van der Waals surface area contributed by atoms with Gasteiger partial charge in [0.2, 0.25) is 11.7 Å². The van der Waals surface area contributed by atoms with Crippen molar-refractivity contribution in [2.75, 3.05) is 12.3 Å². The molecule has 0 aliphatic heterocycles. The predicted octanol–water partition coefficient (Wildman–Crippen LogP) is 2.16. The maximum atomic E-state index is 11.9. The van der Waals surface area contributed by atoms with Crippen molar-refractivity contribution >= 4 is 17.7 Å². The van der Waals surface area contributed by atoms with Crippen molar-refractivity contribution in [1.82, 2.24) is 25.5 Å². The molecule has 1 heterocycles. The van der Waals surface area contributed by atoms with Crippen molar-refractivity contribution in [3.63, 3.8) is 0 Å². The molecule has 3 rings (SSSR count). The Hall–Kier alpha value is -2.87. The van der Waals surface area contributed by atoms with E-state index in [1.807, 2.05) is 60.7 Å². The van der Waals surface area contributed by atoms with Gasteiger partial charge >= 0.3 is 0 Å². The second kappa shape index (κ2) is 9.57. The van der Waals surface area contributed by atoms with Gasteiger partial charge in [0.05, 0.1) is 0 Å². The summed E-state index contributed by atoms with van der Waals surface area (Å²) in [6, 6.07) is 19.5. The molecule has 0 saturated carbocycles. The molecule has 26 heavy (non-hydrogen) atoms. The van der Waals surface area contributed by atoms with Crippen molar-refractivity contribution in [1.29, 1.82) is 0 Å². The zero-order valence-electron chi connectivity index (χ0n) is 14.1. The number of para-hydroxylation sites is 1. The number of carbonyl (C=O) groups is 1. The van der Waals surface area contributed by atoms with Gasteiger partial charge in [0.25, 0.3) is 0 Å². The van der Waals surface area contributed by atoms with Crippen LogP contribution in [-0.2, 0) is 17.9 Å². The quantitative estimate of drug-likeness (QED) is 0.460. The van der Waals surface area contributed by atoms with E-state index in [2.05, 4.69) is 20.7 Å². The van der Waals surface area contributed by atoms with Crippen LogP contribution in [0.25, 0.3) is 0 Å². The second-order valence-corrected chi connectivity index (χ2v) is 6.52. The van der Waals surface area contributed by atoms with Gasteiger partial charge in [0, 0.05) is 17.2 Å². The Morgan fingerprint density at radius 2 is 1.81 bits per heavy atom. The Morgan fingerprint density at radius 1 is 1.08 bits per heavy atom. The van der Waals surface area contributed by atoms with Crippen LogP contribution >= 0.6 is 11.8 Å². The van der Waals surface area contributed by atoms with Gasteiger partial charge in [-0.3, -0.25) is 4.79 Å². The first-order valence-corrected chi connectivity index (χ1v) is 9.17. The van der Waals surface area contributed by atoms with Crippen molar-refractivity contribution in [3.8, 4) is 5.75 Å². The van der Waals surface area contributed by atoms with Crippen LogP contribution in [0.2, 0.25) is 0 Å². The molecule has 7 nitrogen and oxygen atoms in total. The van der Waals surface area contributed by atoms with E-state index >= 15 is 0 Å². The zero-order valence-corrected chi connectivity index (χ0v) is 14.9. The average Bonchev–Trinajstić information content (AvgIpc) is 3.12. The lowest BCUT2D eigenvalue weighted by atomic mass is 10.3. The number of rotatable bonds is 9. The van der Waals surface area contributed by atoms with Crippen LogP contribution in [0, 0.1) is 0 Å². The Balaban J connectivity index is 1.36. The first-order valence-electron chi connectivity index (χ1n) is 8.19. The smallest absolute Gasteiger partial charge is 0.243 e. The summed E-state index contributed by atoms with van der Waals surface area (Å²) in [5.74, 6) is 1.82. The molecule has 0 unspecified atom stereocenters. The van der Waals surface area contributed by atoms with Gasteiger partial charge in [-0.15, -0.1) is 22.0 Å². The molecule has 1 amide bonds. The summed E-state index contributed by atoms with van der Waals surface area (Å²) < 4.78 is 5.55. The molecule has 0 saturated heterocycles. The normalized spacial score (nSPS) is 10.5. The van der Waals surface area contributed by atoms with Gasteiger partial charge in [0.1, 0.15) is 12.3 Å². The summed E-state index contributed by atoms with van der Waals surface area (Å²) in [7, 11) is 0. The highest BCUT2D eigenvalue weighted by molar-refractivity contribution is 7.99. The van der Waals surface area contributed by atoms with Gasteiger partial charge < -0.3 is 10.1 Å². The number of aromatic nitrogens is 4. The highest BCUT2D eigenvalue weighted by Gasteiger charge is 2.08. The van der Waals surface area contributed by atoms with E-state index in [4.69, 9.17) is 4.74 Å². The van der Waals surface area contributed by atoms with Crippen molar-refractivity contribution in [2.45, 2.75) is 18.0 Å². The van der Waals surface area contributed by atoms with E-state index in [-0.39, 0.29) is 19.1 Å². The topological polar surface area (TPSA) is 81.9 Å². The molecule has 1 N–H and O–H groups in total. The monoisotopic (exact) mass is 369 g/mol. The van der Waals surface area contributed by atoms with E-state index in [1.165, 1.54) is 9.69 Å². The summed E-state index contributed by atoms with van der Waals surface area (Å²) in [5, 5.41) is 14.8. The molecule has 1 aromatic heterocycles. The molecule has 0 radical (unpaired) electrons. The largest absolute Gasteiger partial charge is 0.485 e. The minimum atomic E-state index is -0.147. The summed E-state index contributed by atoms with van der Waals surface area (Å²) in [4.78, 5) is 14.4. The lowest BCUT2D eigenvalue weighted by Gasteiger charge is -2.04. The zero-order chi connectivity index (χ0) is 18.0. The molecule has 0 aliphatic carbocycles. The van der Waals surface area contributed by atoms with Crippen LogP contribution in [0.3, 0.4) is 0 Å². The first-order chi connectivity index (χ1) is 12.8. The number of amides is 1. The number of nitrogens with one attached hydrogen (secondary N) is 1. The van der Waals surface area contributed by atoms with E-state index in [9.17, 15) is 4.79 Å². The maximum absolute atomic E-state index is 11.9. The van der Waals surface area contributed by atoms with Crippen LogP contribution in [-0.4, -0.2) is 38.4 Å². The number of thioether (sulfide) groups is 1. The number of hydrogen-bond acceptors (Lipinski definition) is 6. The Kier molecular flexibility index (Phi) is 6.60. The van der Waals surface area contributed by atoms with Crippen molar-refractivity contribution < 1.29 is 9.53 Å². The van der Waals surface area contributed by atoms with E-state index in [0.717, 1.165) is 11.5 Å². The highest BCUT2D eigenvalue weighted by Crippen LogP contribution is 2.15. The third-order valence-corrected chi connectivity index (χ3v) is 4.34. The number of hydrogen-bond donors (Lipinski definition) is 1. The highest BCUT2D eigenvalue weighted by atomic mass is 32.2. The molecule has 0 spiro atoms. The molecule has 3 aromatic rings. The third kappa shape index (κ3) is 5.89. The number of tetrazole rings is 1. The summed E-state index contributed by atoms with van der Waals surface area (Å²) in [6.07, 6.45) is 0. The molecule has 0 fully saturated rings. The maximum Gasteiger partial charge on any atom is 0.243 e. The Bertz CT molecular complexity index is 811. The number of carbonyl (C=O) groups excluding carboxylic acids is 1. The average molecular weight is 369 g/mol. The van der Waals surface area contributed by atoms with Crippen molar-refractivity contribution in [3.05, 3.63) is 66.5 Å².